The van der Waals surface area contributed by atoms with E-state index in [-0.39, 0.29) is 0 Å². The average Bonchev–Trinajstić information content (AvgIpc) is 2.73. The number of hydrogen-bond acceptors (Lipinski definition) is 2. The molecule has 2 heteroatoms. The lowest BCUT2D eigenvalue weighted by Gasteiger charge is -2.32. The van der Waals surface area contributed by atoms with Crippen molar-refractivity contribution in [1.29, 1.82) is 0 Å². The third-order valence-electron chi connectivity index (χ3n) is 5.68. The summed E-state index contributed by atoms with van der Waals surface area (Å²) in [5.41, 5.74) is 1.49. The normalized spacial score (nSPS) is 15.9. The summed E-state index contributed by atoms with van der Waals surface area (Å²) in [5, 5.41) is 2.51. The van der Waals surface area contributed by atoms with Gasteiger partial charge in [-0.1, -0.05) is 60.7 Å². The Kier molecular flexibility index (Phi) is 6.06. The molecule has 0 unspecified atom stereocenters. The largest absolute Gasteiger partial charge is 0.494 e. The van der Waals surface area contributed by atoms with Gasteiger partial charge >= 0.3 is 0 Å². The zero-order valence-electron chi connectivity index (χ0n) is 16.0. The first-order valence-electron chi connectivity index (χ1n) is 10.2. The van der Waals surface area contributed by atoms with E-state index in [2.05, 4.69) is 77.7 Å². The van der Waals surface area contributed by atoms with Crippen molar-refractivity contribution in [2.75, 3.05) is 26.2 Å². The van der Waals surface area contributed by atoms with E-state index in [0.29, 0.717) is 0 Å². The first-order chi connectivity index (χ1) is 13.4. The molecule has 0 radical (unpaired) electrons. The van der Waals surface area contributed by atoms with Crippen molar-refractivity contribution in [2.24, 2.45) is 5.92 Å². The predicted molar refractivity (Wildman–Crippen MR) is 113 cm³/mol. The molecule has 0 aliphatic carbocycles. The minimum Gasteiger partial charge on any atom is -0.494 e. The highest BCUT2D eigenvalue weighted by Crippen LogP contribution is 2.22. The van der Waals surface area contributed by atoms with Crippen molar-refractivity contribution in [3.05, 3.63) is 78.4 Å². The lowest BCUT2D eigenvalue weighted by molar-refractivity contribution is 0.170. The molecule has 2 nitrogen and oxygen atoms in total. The van der Waals surface area contributed by atoms with E-state index in [1.165, 1.54) is 48.7 Å². The van der Waals surface area contributed by atoms with Crippen LogP contribution in [0.4, 0.5) is 0 Å². The van der Waals surface area contributed by atoms with Crippen LogP contribution in [0.5, 0.6) is 5.75 Å². The molecule has 140 valence electrons. The molecular formula is C25H29NO. The molecule has 27 heavy (non-hydrogen) atoms. The topological polar surface area (TPSA) is 12.5 Å². The molecule has 4 rings (SSSR count). The summed E-state index contributed by atoms with van der Waals surface area (Å²) in [5.74, 6) is 1.83. The van der Waals surface area contributed by atoms with Gasteiger partial charge in [0, 0.05) is 6.54 Å². The number of benzene rings is 3. The molecule has 1 aliphatic heterocycles. The lowest BCUT2D eigenvalue weighted by atomic mass is 9.90. The van der Waals surface area contributed by atoms with Gasteiger partial charge in [0.15, 0.2) is 0 Å². The highest BCUT2D eigenvalue weighted by atomic mass is 16.5. The van der Waals surface area contributed by atoms with Crippen molar-refractivity contribution < 1.29 is 4.74 Å². The molecule has 0 bridgehead atoms. The van der Waals surface area contributed by atoms with E-state index < -0.39 is 0 Å². The van der Waals surface area contributed by atoms with Gasteiger partial charge in [0.25, 0.3) is 0 Å². The van der Waals surface area contributed by atoms with Crippen LogP contribution in [0.25, 0.3) is 10.8 Å². The van der Waals surface area contributed by atoms with Gasteiger partial charge in [-0.25, -0.2) is 0 Å². The van der Waals surface area contributed by atoms with Gasteiger partial charge in [-0.2, -0.15) is 0 Å². The molecule has 3 aromatic carbocycles. The summed E-state index contributed by atoms with van der Waals surface area (Å²) in [6, 6.07) is 25.7. The third-order valence-corrected chi connectivity index (χ3v) is 5.68. The molecule has 3 aromatic rings. The smallest absolute Gasteiger partial charge is 0.119 e. The molecule has 1 heterocycles. The quantitative estimate of drug-likeness (QED) is 0.512. The maximum atomic E-state index is 5.98. The van der Waals surface area contributed by atoms with Crippen LogP contribution >= 0.6 is 0 Å². The van der Waals surface area contributed by atoms with E-state index in [1.54, 1.807) is 0 Å². The van der Waals surface area contributed by atoms with Crippen LogP contribution < -0.4 is 4.74 Å². The maximum Gasteiger partial charge on any atom is 0.119 e. The zero-order chi connectivity index (χ0) is 18.3. The molecule has 0 aromatic heterocycles. The Morgan fingerprint density at radius 3 is 2.37 bits per heavy atom. The summed E-state index contributed by atoms with van der Waals surface area (Å²) in [6.07, 6.45) is 4.97. The summed E-state index contributed by atoms with van der Waals surface area (Å²) in [7, 11) is 0. The van der Waals surface area contributed by atoms with E-state index in [9.17, 15) is 0 Å². The third kappa shape index (κ3) is 5.11. The van der Waals surface area contributed by atoms with Crippen LogP contribution in [0.3, 0.4) is 0 Å². The van der Waals surface area contributed by atoms with Gasteiger partial charge in [0.1, 0.15) is 5.75 Å². The second-order valence-electron chi connectivity index (χ2n) is 7.69. The molecule has 1 saturated heterocycles. The van der Waals surface area contributed by atoms with Crippen LogP contribution in [0.1, 0.15) is 24.8 Å². The molecule has 1 aliphatic rings. The molecule has 0 atom stereocenters. The first kappa shape index (κ1) is 18.1. The number of nitrogens with zero attached hydrogens (tertiary/aromatic N) is 1. The predicted octanol–water partition coefficient (Wildman–Crippen LogP) is 5.56. The fourth-order valence-electron chi connectivity index (χ4n) is 4.10. The van der Waals surface area contributed by atoms with E-state index in [1.807, 2.05) is 0 Å². The Labute approximate surface area is 162 Å². The molecule has 0 amide bonds. The van der Waals surface area contributed by atoms with E-state index in [0.717, 1.165) is 31.2 Å². The molecule has 0 saturated carbocycles. The number of rotatable bonds is 7. The second kappa shape index (κ2) is 9.05. The van der Waals surface area contributed by atoms with E-state index in [4.69, 9.17) is 4.74 Å². The highest BCUT2D eigenvalue weighted by molar-refractivity contribution is 5.83. The van der Waals surface area contributed by atoms with Gasteiger partial charge in [0.05, 0.1) is 6.61 Å². The van der Waals surface area contributed by atoms with E-state index >= 15 is 0 Å². The molecular weight excluding hydrogens is 330 g/mol. The Morgan fingerprint density at radius 2 is 1.56 bits per heavy atom. The summed E-state index contributed by atoms with van der Waals surface area (Å²) in [6.45, 7) is 4.40. The fraction of sp³-hybridized carbons (Fsp3) is 0.360. The number of hydrogen-bond donors (Lipinski definition) is 0. The molecule has 0 spiro atoms. The van der Waals surface area contributed by atoms with Gasteiger partial charge < -0.3 is 9.64 Å². The Balaban J connectivity index is 1.16. The van der Waals surface area contributed by atoms with Crippen molar-refractivity contribution in [1.82, 2.24) is 4.90 Å². The number of ether oxygens (including phenoxy) is 1. The SMILES string of the molecule is c1ccc(CC2CCN(CCCOc3ccc4ccccc4c3)CC2)cc1. The Morgan fingerprint density at radius 1 is 0.815 bits per heavy atom. The Hall–Kier alpha value is -2.32. The number of piperidine rings is 1. The Bertz CT molecular complexity index is 837. The van der Waals surface area contributed by atoms with Crippen LogP contribution in [0, 0.1) is 5.92 Å². The monoisotopic (exact) mass is 359 g/mol. The van der Waals surface area contributed by atoms with Crippen LogP contribution in [-0.4, -0.2) is 31.1 Å². The van der Waals surface area contributed by atoms with Crippen LogP contribution in [0.15, 0.2) is 72.8 Å². The second-order valence-corrected chi connectivity index (χ2v) is 7.69. The molecule has 1 fully saturated rings. The van der Waals surface area contributed by atoms with Crippen molar-refractivity contribution >= 4 is 10.8 Å². The molecule has 0 N–H and O–H groups in total. The standard InChI is InChI=1S/C25H29NO/c1-2-7-21(8-3-1)19-22-13-16-26(17-14-22)15-6-18-27-25-12-11-23-9-4-5-10-24(23)20-25/h1-5,7-12,20,22H,6,13-19H2. The van der Waals surface area contributed by atoms with Gasteiger partial charge in [-0.15, -0.1) is 0 Å². The maximum absolute atomic E-state index is 5.98. The minimum atomic E-state index is 0.794. The first-order valence-corrected chi connectivity index (χ1v) is 10.2. The zero-order valence-corrected chi connectivity index (χ0v) is 16.0. The average molecular weight is 360 g/mol. The van der Waals surface area contributed by atoms with Crippen molar-refractivity contribution in [3.63, 3.8) is 0 Å². The summed E-state index contributed by atoms with van der Waals surface area (Å²) < 4.78 is 5.98. The van der Waals surface area contributed by atoms with Gasteiger partial charge in [-0.05, 0) is 73.2 Å². The van der Waals surface area contributed by atoms with Gasteiger partial charge in [-0.3, -0.25) is 0 Å². The summed E-state index contributed by atoms with van der Waals surface area (Å²) in [4.78, 5) is 2.60. The lowest BCUT2D eigenvalue weighted by Crippen LogP contribution is -2.35. The van der Waals surface area contributed by atoms with Crippen molar-refractivity contribution in [3.8, 4) is 5.75 Å². The van der Waals surface area contributed by atoms with Gasteiger partial charge in [0.2, 0.25) is 0 Å². The highest BCUT2D eigenvalue weighted by Gasteiger charge is 2.19. The number of likely N-dealkylation sites (tertiary alicyclic amines) is 1. The van der Waals surface area contributed by atoms with Crippen LogP contribution in [0.2, 0.25) is 0 Å². The number of fused-ring (bicyclic) bond motifs is 1. The van der Waals surface area contributed by atoms with Crippen LogP contribution in [-0.2, 0) is 6.42 Å². The van der Waals surface area contributed by atoms with Crippen molar-refractivity contribution in [2.45, 2.75) is 25.7 Å². The summed E-state index contributed by atoms with van der Waals surface area (Å²) >= 11 is 0. The fourth-order valence-corrected chi connectivity index (χ4v) is 4.10. The minimum absolute atomic E-state index is 0.794.